The molecule has 0 saturated heterocycles. The van der Waals surface area contributed by atoms with Crippen LogP contribution in [0, 0.1) is 0 Å². The summed E-state index contributed by atoms with van der Waals surface area (Å²) in [7, 11) is 1.75. The zero-order valence-electron chi connectivity index (χ0n) is 8.22. The normalized spacial score (nSPS) is 9.93. The van der Waals surface area contributed by atoms with E-state index in [1.54, 1.807) is 7.05 Å². The first-order valence-corrected chi connectivity index (χ1v) is 4.40. The highest BCUT2D eigenvalue weighted by Gasteiger charge is 2.06. The van der Waals surface area contributed by atoms with Crippen molar-refractivity contribution in [1.82, 2.24) is 20.6 Å². The van der Waals surface area contributed by atoms with E-state index in [0.29, 0.717) is 13.1 Å². The van der Waals surface area contributed by atoms with Crippen molar-refractivity contribution in [3.05, 3.63) is 32.6 Å². The Bertz CT molecular complexity index is 419. The minimum absolute atomic E-state index is 0.0418. The smallest absolute Gasteiger partial charge is 0.326 e. The van der Waals surface area contributed by atoms with Crippen LogP contribution in [0.25, 0.3) is 0 Å². The van der Waals surface area contributed by atoms with E-state index in [-0.39, 0.29) is 5.69 Å². The highest BCUT2D eigenvalue weighted by atomic mass is 16.2. The molecule has 1 aromatic rings. The first kappa shape index (κ1) is 11.2. The lowest BCUT2D eigenvalue weighted by atomic mass is 10.4. The van der Waals surface area contributed by atoms with Crippen molar-refractivity contribution >= 4 is 5.91 Å². The Hall–Kier alpha value is -1.89. The molecule has 0 unspecified atom stereocenters. The van der Waals surface area contributed by atoms with Crippen LogP contribution in [-0.4, -0.2) is 36.0 Å². The topological polar surface area (TPSA) is 107 Å². The number of H-pyrrole nitrogens is 2. The average Bonchev–Trinajstić information content (AvgIpc) is 2.16. The van der Waals surface area contributed by atoms with E-state index in [9.17, 15) is 14.4 Å². The van der Waals surface area contributed by atoms with E-state index in [1.807, 2.05) is 4.98 Å². The van der Waals surface area contributed by atoms with Gasteiger partial charge >= 0.3 is 5.69 Å². The third-order valence-electron chi connectivity index (χ3n) is 1.67. The Labute approximate surface area is 84.9 Å². The Kier molecular flexibility index (Phi) is 3.81. The molecular weight excluding hydrogens is 200 g/mol. The van der Waals surface area contributed by atoms with E-state index in [1.165, 1.54) is 0 Å². The molecule has 1 amide bonds. The fourth-order valence-corrected chi connectivity index (χ4v) is 0.987. The van der Waals surface area contributed by atoms with Crippen LogP contribution in [0.3, 0.4) is 0 Å². The molecule has 7 nitrogen and oxygen atoms in total. The first-order chi connectivity index (χ1) is 7.13. The summed E-state index contributed by atoms with van der Waals surface area (Å²) < 4.78 is 0. The molecule has 0 radical (unpaired) electrons. The van der Waals surface area contributed by atoms with Gasteiger partial charge in [0.25, 0.3) is 11.5 Å². The standard InChI is InChI=1S/C8H12N4O3/c1-9-2-3-10-7(14)5-4-6(13)12-8(15)11-5/h4,9H,2-3H2,1H3,(H,10,14)(H2,11,12,13,15). The van der Waals surface area contributed by atoms with Crippen LogP contribution in [-0.2, 0) is 0 Å². The van der Waals surface area contributed by atoms with Crippen molar-refractivity contribution in [3.63, 3.8) is 0 Å². The van der Waals surface area contributed by atoms with Crippen LogP contribution in [0.1, 0.15) is 10.5 Å². The molecule has 0 atom stereocenters. The number of aromatic nitrogens is 2. The van der Waals surface area contributed by atoms with Crippen molar-refractivity contribution in [1.29, 1.82) is 0 Å². The van der Waals surface area contributed by atoms with Crippen molar-refractivity contribution in [2.24, 2.45) is 0 Å². The molecule has 0 aromatic carbocycles. The summed E-state index contributed by atoms with van der Waals surface area (Å²) in [4.78, 5) is 37.3. The molecule has 82 valence electrons. The molecule has 0 saturated carbocycles. The van der Waals surface area contributed by atoms with Gasteiger partial charge in [-0.3, -0.25) is 14.6 Å². The highest BCUT2D eigenvalue weighted by molar-refractivity contribution is 5.91. The summed E-state index contributed by atoms with van der Waals surface area (Å²) in [6.45, 7) is 1.03. The van der Waals surface area contributed by atoms with Crippen LogP contribution in [0.15, 0.2) is 15.7 Å². The van der Waals surface area contributed by atoms with E-state index in [4.69, 9.17) is 0 Å². The molecule has 0 aliphatic heterocycles. The third-order valence-corrected chi connectivity index (χ3v) is 1.67. The molecule has 0 aliphatic carbocycles. The number of carbonyl (C=O) groups is 1. The summed E-state index contributed by atoms with van der Waals surface area (Å²) in [5.74, 6) is -0.478. The first-order valence-electron chi connectivity index (χ1n) is 4.40. The van der Waals surface area contributed by atoms with Gasteiger partial charge in [-0.25, -0.2) is 4.79 Å². The van der Waals surface area contributed by atoms with Gasteiger partial charge in [0.2, 0.25) is 0 Å². The fraction of sp³-hybridized carbons (Fsp3) is 0.375. The minimum atomic E-state index is -0.693. The van der Waals surface area contributed by atoms with Crippen LogP contribution in [0.4, 0.5) is 0 Å². The van der Waals surface area contributed by atoms with Gasteiger partial charge in [0.1, 0.15) is 5.69 Å². The van der Waals surface area contributed by atoms with Gasteiger partial charge in [0.15, 0.2) is 0 Å². The lowest BCUT2D eigenvalue weighted by Crippen LogP contribution is -2.34. The molecule has 0 aliphatic rings. The van der Waals surface area contributed by atoms with Crippen LogP contribution in [0.2, 0.25) is 0 Å². The number of aromatic amines is 2. The Morgan fingerprint density at radius 2 is 2.07 bits per heavy atom. The molecule has 0 fully saturated rings. The third kappa shape index (κ3) is 3.39. The van der Waals surface area contributed by atoms with Crippen molar-refractivity contribution in [2.75, 3.05) is 20.1 Å². The summed E-state index contributed by atoms with van der Waals surface area (Å²) in [6, 6.07) is 1.04. The van der Waals surface area contributed by atoms with E-state index >= 15 is 0 Å². The molecule has 15 heavy (non-hydrogen) atoms. The summed E-state index contributed by atoms with van der Waals surface area (Å²) in [6.07, 6.45) is 0. The number of hydrogen-bond donors (Lipinski definition) is 4. The number of nitrogens with one attached hydrogen (secondary N) is 4. The molecule has 7 heteroatoms. The van der Waals surface area contributed by atoms with E-state index in [2.05, 4.69) is 15.6 Å². The molecule has 1 heterocycles. The Morgan fingerprint density at radius 3 is 2.67 bits per heavy atom. The SMILES string of the molecule is CNCCNC(=O)c1cc(=O)[nH]c(=O)[nH]1. The lowest BCUT2D eigenvalue weighted by Gasteiger charge is -2.03. The van der Waals surface area contributed by atoms with Crippen LogP contribution in [0.5, 0.6) is 0 Å². The molecule has 1 rings (SSSR count). The van der Waals surface area contributed by atoms with Gasteiger partial charge in [-0.1, -0.05) is 0 Å². The van der Waals surface area contributed by atoms with Crippen LogP contribution < -0.4 is 21.9 Å². The predicted molar refractivity (Wildman–Crippen MR) is 53.9 cm³/mol. The van der Waals surface area contributed by atoms with E-state index < -0.39 is 17.2 Å². The molecule has 0 bridgehead atoms. The Morgan fingerprint density at radius 1 is 1.33 bits per heavy atom. The van der Waals surface area contributed by atoms with Gasteiger partial charge in [0, 0.05) is 19.2 Å². The monoisotopic (exact) mass is 212 g/mol. The van der Waals surface area contributed by atoms with Crippen LogP contribution >= 0.6 is 0 Å². The molecule has 4 N–H and O–H groups in total. The number of likely N-dealkylation sites (N-methyl/N-ethyl adjacent to an activating group) is 1. The van der Waals surface area contributed by atoms with Gasteiger partial charge in [-0.05, 0) is 7.05 Å². The predicted octanol–water partition coefficient (Wildman–Crippen LogP) is -1.99. The van der Waals surface area contributed by atoms with Crippen molar-refractivity contribution in [2.45, 2.75) is 0 Å². The van der Waals surface area contributed by atoms with Gasteiger partial charge in [0.05, 0.1) is 0 Å². The summed E-state index contributed by atoms with van der Waals surface area (Å²) in [5, 5.41) is 5.37. The maximum atomic E-state index is 11.4. The minimum Gasteiger partial charge on any atom is -0.349 e. The maximum Gasteiger partial charge on any atom is 0.326 e. The molecular formula is C8H12N4O3. The van der Waals surface area contributed by atoms with Gasteiger partial charge in [-0.15, -0.1) is 0 Å². The second-order valence-electron chi connectivity index (χ2n) is 2.86. The quantitative estimate of drug-likeness (QED) is 0.433. The summed E-state index contributed by atoms with van der Waals surface area (Å²) in [5.41, 5.74) is -1.33. The van der Waals surface area contributed by atoms with Crippen molar-refractivity contribution < 1.29 is 4.79 Å². The van der Waals surface area contributed by atoms with Gasteiger partial charge < -0.3 is 15.6 Å². The second kappa shape index (κ2) is 5.11. The number of hydrogen-bond acceptors (Lipinski definition) is 4. The average molecular weight is 212 g/mol. The Balaban J connectivity index is 2.74. The zero-order valence-corrected chi connectivity index (χ0v) is 8.22. The number of amides is 1. The second-order valence-corrected chi connectivity index (χ2v) is 2.86. The zero-order chi connectivity index (χ0) is 11.3. The lowest BCUT2D eigenvalue weighted by molar-refractivity contribution is 0.0948. The summed E-state index contributed by atoms with van der Waals surface area (Å²) >= 11 is 0. The fourth-order valence-electron chi connectivity index (χ4n) is 0.987. The maximum absolute atomic E-state index is 11.4. The largest absolute Gasteiger partial charge is 0.349 e. The number of rotatable bonds is 4. The number of carbonyl (C=O) groups excluding carboxylic acids is 1. The van der Waals surface area contributed by atoms with Crippen molar-refractivity contribution in [3.8, 4) is 0 Å². The van der Waals surface area contributed by atoms with E-state index in [0.717, 1.165) is 6.07 Å². The highest BCUT2D eigenvalue weighted by Crippen LogP contribution is 1.83. The van der Waals surface area contributed by atoms with Gasteiger partial charge in [-0.2, -0.15) is 0 Å². The molecule has 0 spiro atoms. The molecule has 1 aromatic heterocycles.